The molecule has 3 heterocycles. The van der Waals surface area contributed by atoms with Gasteiger partial charge in [-0.3, -0.25) is 4.79 Å². The lowest BCUT2D eigenvalue weighted by Crippen LogP contribution is -2.41. The number of aromatic amines is 1. The van der Waals surface area contributed by atoms with Gasteiger partial charge in [0.2, 0.25) is 0 Å². The third kappa shape index (κ3) is 3.67. The SMILES string of the molecule is NC[C@@H](Cc1ccccc1F)NC(=O)c1ccc(-c2ccnc3[nH]ccc23)s1. The molecule has 0 saturated carbocycles. The number of H-pyrrole nitrogens is 1. The van der Waals surface area contributed by atoms with Crippen LogP contribution in [0.15, 0.2) is 60.9 Å². The number of halogens is 1. The molecule has 0 unspecified atom stereocenters. The van der Waals surface area contributed by atoms with Gasteiger partial charge in [-0.2, -0.15) is 0 Å². The van der Waals surface area contributed by atoms with Crippen LogP contribution in [0.2, 0.25) is 0 Å². The Bertz CT molecular complexity index is 1120. The molecule has 3 aromatic heterocycles. The smallest absolute Gasteiger partial charge is 0.261 e. The fourth-order valence-corrected chi connectivity index (χ4v) is 4.11. The first-order chi connectivity index (χ1) is 13.7. The van der Waals surface area contributed by atoms with Crippen molar-refractivity contribution in [3.63, 3.8) is 0 Å². The van der Waals surface area contributed by atoms with Crippen LogP contribution in [-0.2, 0) is 6.42 Å². The molecule has 0 aliphatic rings. The topological polar surface area (TPSA) is 83.8 Å². The Morgan fingerprint density at radius 3 is 2.89 bits per heavy atom. The van der Waals surface area contributed by atoms with Gasteiger partial charge < -0.3 is 16.0 Å². The van der Waals surface area contributed by atoms with Gasteiger partial charge in [0.05, 0.1) is 4.88 Å². The summed E-state index contributed by atoms with van der Waals surface area (Å²) in [6.07, 6.45) is 3.94. The van der Waals surface area contributed by atoms with Crippen LogP contribution < -0.4 is 11.1 Å². The number of amides is 1. The molecule has 142 valence electrons. The van der Waals surface area contributed by atoms with Crippen molar-refractivity contribution in [2.75, 3.05) is 6.54 Å². The molecule has 1 atom stereocenters. The largest absolute Gasteiger partial charge is 0.347 e. The zero-order valence-corrected chi connectivity index (χ0v) is 15.8. The van der Waals surface area contributed by atoms with Crippen molar-refractivity contribution < 1.29 is 9.18 Å². The average Bonchev–Trinajstić information content (AvgIpc) is 3.38. The zero-order chi connectivity index (χ0) is 19.5. The van der Waals surface area contributed by atoms with Gasteiger partial charge in [-0.25, -0.2) is 9.37 Å². The molecule has 7 heteroatoms. The summed E-state index contributed by atoms with van der Waals surface area (Å²) in [5.74, 6) is -0.496. The number of hydrogen-bond donors (Lipinski definition) is 3. The normalized spacial score (nSPS) is 12.2. The number of thiophene rings is 1. The Labute approximate surface area is 165 Å². The molecule has 0 aliphatic carbocycles. The van der Waals surface area contributed by atoms with Crippen molar-refractivity contribution in [2.45, 2.75) is 12.5 Å². The van der Waals surface area contributed by atoms with Crippen LogP contribution in [-0.4, -0.2) is 28.5 Å². The maximum absolute atomic E-state index is 13.9. The van der Waals surface area contributed by atoms with Gasteiger partial charge in [0.15, 0.2) is 0 Å². The first-order valence-electron chi connectivity index (χ1n) is 8.92. The lowest BCUT2D eigenvalue weighted by Gasteiger charge is -2.16. The number of benzene rings is 1. The molecule has 0 bridgehead atoms. The first kappa shape index (κ1) is 18.3. The lowest BCUT2D eigenvalue weighted by atomic mass is 10.1. The molecule has 4 rings (SSSR count). The zero-order valence-electron chi connectivity index (χ0n) is 15.0. The first-order valence-corrected chi connectivity index (χ1v) is 9.74. The minimum atomic E-state index is -0.341. The molecule has 0 spiro atoms. The van der Waals surface area contributed by atoms with E-state index in [2.05, 4.69) is 15.3 Å². The molecule has 0 radical (unpaired) electrons. The minimum absolute atomic E-state index is 0.206. The molecule has 4 N–H and O–H groups in total. The Hall–Kier alpha value is -3.03. The van der Waals surface area contributed by atoms with E-state index in [4.69, 9.17) is 5.73 Å². The molecule has 1 amide bonds. The summed E-state index contributed by atoms with van der Waals surface area (Å²) in [5, 5.41) is 3.93. The van der Waals surface area contributed by atoms with E-state index < -0.39 is 0 Å². The van der Waals surface area contributed by atoms with Gasteiger partial charge in [0, 0.05) is 40.8 Å². The van der Waals surface area contributed by atoms with E-state index >= 15 is 0 Å². The van der Waals surface area contributed by atoms with Gasteiger partial charge in [0.25, 0.3) is 5.91 Å². The van der Waals surface area contributed by atoms with E-state index in [0.717, 1.165) is 21.5 Å². The Morgan fingerprint density at radius 2 is 2.07 bits per heavy atom. The predicted octanol–water partition coefficient (Wildman–Crippen LogP) is 3.73. The van der Waals surface area contributed by atoms with E-state index in [1.807, 2.05) is 24.4 Å². The number of nitrogens with one attached hydrogen (secondary N) is 2. The summed E-state index contributed by atoms with van der Waals surface area (Å²) < 4.78 is 13.9. The Kier molecular flexibility index (Phi) is 5.18. The van der Waals surface area contributed by atoms with Crippen molar-refractivity contribution in [1.82, 2.24) is 15.3 Å². The monoisotopic (exact) mass is 394 g/mol. The minimum Gasteiger partial charge on any atom is -0.347 e. The third-order valence-corrected chi connectivity index (χ3v) is 5.72. The van der Waals surface area contributed by atoms with Crippen molar-refractivity contribution in [3.05, 3.63) is 77.2 Å². The molecule has 0 aliphatic heterocycles. The number of fused-ring (bicyclic) bond motifs is 1. The maximum atomic E-state index is 13.9. The highest BCUT2D eigenvalue weighted by molar-refractivity contribution is 7.17. The second-order valence-corrected chi connectivity index (χ2v) is 7.55. The summed E-state index contributed by atoms with van der Waals surface area (Å²) in [5.41, 5.74) is 8.17. The molecule has 4 aromatic rings. The summed E-state index contributed by atoms with van der Waals surface area (Å²) in [7, 11) is 0. The van der Waals surface area contributed by atoms with Crippen LogP contribution in [0.5, 0.6) is 0 Å². The van der Waals surface area contributed by atoms with Crippen molar-refractivity contribution in [1.29, 1.82) is 0 Å². The predicted molar refractivity (Wildman–Crippen MR) is 110 cm³/mol. The van der Waals surface area contributed by atoms with Crippen molar-refractivity contribution in [2.24, 2.45) is 5.73 Å². The number of pyridine rings is 1. The van der Waals surface area contributed by atoms with Gasteiger partial charge >= 0.3 is 0 Å². The third-order valence-electron chi connectivity index (χ3n) is 4.60. The Morgan fingerprint density at radius 1 is 1.21 bits per heavy atom. The van der Waals surface area contributed by atoms with Crippen LogP contribution in [0.25, 0.3) is 21.5 Å². The molecule has 0 fully saturated rings. The molecule has 5 nitrogen and oxygen atoms in total. The summed E-state index contributed by atoms with van der Waals surface area (Å²) in [6, 6.07) is 13.8. The fourth-order valence-electron chi connectivity index (χ4n) is 3.16. The number of nitrogens with two attached hydrogens (primary N) is 1. The van der Waals surface area contributed by atoms with E-state index in [1.54, 1.807) is 30.5 Å². The highest BCUT2D eigenvalue weighted by atomic mass is 32.1. The second-order valence-electron chi connectivity index (χ2n) is 6.46. The molecule has 28 heavy (non-hydrogen) atoms. The van der Waals surface area contributed by atoms with Gasteiger partial charge in [-0.1, -0.05) is 18.2 Å². The van der Waals surface area contributed by atoms with Crippen molar-refractivity contribution >= 4 is 28.3 Å². The fraction of sp³-hybridized carbons (Fsp3) is 0.143. The number of rotatable bonds is 6. The summed E-state index contributed by atoms with van der Waals surface area (Å²) in [4.78, 5) is 21.6. The van der Waals surface area contributed by atoms with Gasteiger partial charge in [0.1, 0.15) is 11.5 Å². The number of carbonyl (C=O) groups is 1. The average molecular weight is 394 g/mol. The molecule has 1 aromatic carbocycles. The lowest BCUT2D eigenvalue weighted by molar-refractivity contribution is 0.0942. The van der Waals surface area contributed by atoms with Crippen LogP contribution in [0.3, 0.4) is 0 Å². The van der Waals surface area contributed by atoms with Gasteiger partial charge in [-0.15, -0.1) is 11.3 Å². The van der Waals surface area contributed by atoms with Crippen LogP contribution in [0.4, 0.5) is 4.39 Å². The van der Waals surface area contributed by atoms with E-state index in [-0.39, 0.29) is 24.3 Å². The summed E-state index contributed by atoms with van der Waals surface area (Å²) >= 11 is 1.41. The highest BCUT2D eigenvalue weighted by Crippen LogP contribution is 2.32. The van der Waals surface area contributed by atoms with Crippen LogP contribution >= 0.6 is 11.3 Å². The van der Waals surface area contributed by atoms with Crippen LogP contribution in [0.1, 0.15) is 15.2 Å². The van der Waals surface area contributed by atoms with E-state index in [0.29, 0.717) is 16.9 Å². The van der Waals surface area contributed by atoms with Crippen molar-refractivity contribution in [3.8, 4) is 10.4 Å². The van der Waals surface area contributed by atoms with E-state index in [1.165, 1.54) is 17.4 Å². The highest BCUT2D eigenvalue weighted by Gasteiger charge is 2.17. The van der Waals surface area contributed by atoms with Gasteiger partial charge in [-0.05, 0) is 42.3 Å². The second kappa shape index (κ2) is 7.92. The van der Waals surface area contributed by atoms with E-state index in [9.17, 15) is 9.18 Å². The molecular weight excluding hydrogens is 375 g/mol. The number of nitrogens with zero attached hydrogens (tertiary/aromatic N) is 1. The Balaban J connectivity index is 1.51. The molecule has 0 saturated heterocycles. The maximum Gasteiger partial charge on any atom is 0.261 e. The number of carbonyl (C=O) groups excluding carboxylic acids is 1. The summed E-state index contributed by atoms with van der Waals surface area (Å²) in [6.45, 7) is 0.229. The van der Waals surface area contributed by atoms with Crippen LogP contribution in [0, 0.1) is 5.82 Å². The number of hydrogen-bond acceptors (Lipinski definition) is 4. The standard InChI is InChI=1S/C21H19FN4OS/c22-17-4-2-1-3-13(17)11-14(12-23)26-21(27)19-6-5-18(28-19)15-7-9-24-20-16(15)8-10-25-20/h1-10,14H,11-12,23H2,(H,24,25)(H,26,27)/t14-/m1/s1. The quantitative estimate of drug-likeness (QED) is 0.466. The molecular formula is C21H19FN4OS. The number of aromatic nitrogens is 2.